The van der Waals surface area contributed by atoms with Crippen molar-refractivity contribution in [1.82, 2.24) is 0 Å². The normalized spacial score (nSPS) is 12.6. The zero-order chi connectivity index (χ0) is 103. The Balaban J connectivity index is 0.000000194. The second-order valence-corrected chi connectivity index (χ2v) is 40.5. The summed E-state index contributed by atoms with van der Waals surface area (Å²) in [5.41, 5.74) is 18.3. The van der Waals surface area contributed by atoms with Crippen molar-refractivity contribution >= 4 is 23.1 Å². The Kier molecular flexibility index (Phi) is 38.8. The van der Waals surface area contributed by atoms with Gasteiger partial charge < -0.3 is 42.7 Å². The van der Waals surface area contributed by atoms with Crippen LogP contribution in [0.15, 0.2) is 285 Å². The number of halogens is 4. The van der Waals surface area contributed by atoms with E-state index < -0.39 is 0 Å². The van der Waals surface area contributed by atoms with Crippen LogP contribution >= 0.6 is 0 Å². The van der Waals surface area contributed by atoms with Crippen LogP contribution in [0.25, 0.3) is 44.5 Å². The standard InChI is InChI=1S/C34H35FO3.C32H37FO3.C30H35FO3.C29H33FO3/c1-23(36)19-29(25-9-7-6-8-10-25)26-12-14-27(15-13-26)38-22-24-11-17-32(34(2,3)4)30(20-24)31-21-28(37-5)16-18-33(31)35;1-8-9-27(21(2)22(3)34)24-11-13-25(14-12-24)36-20-23-10-16-30(32(4,5)6)28(18-23)29-19-26(35-7)15-17-31(29)33;1-7-23(20(2)32)16-21-8-11-24(12-9-21)34-19-22-10-14-28(30(3,4)5)26(17-22)27-18-25(33-6)13-15-29(27)31;1-19(15-20(2)31)22-8-10-23(11-9-22)33-18-21-7-13-27(29(3,4)5)25(16-21)26-17-24(32-6)12-14-28(26)30/h6-18,20-21,29H,19,22H2,1-5H3;8-19,21,27H,20H2,1-7H3;8-15,17-18,23H,7,16,19H2,1-6H3;7-14,16-17,19H,15,18H2,1-6H3/b;9-8-;;/t29-;21-,27-;23-;19-/m1111/s1. The smallest absolute Gasteiger partial charge is 0.133 e. The fourth-order valence-electron chi connectivity index (χ4n) is 17.3. The number of Topliss-reactive ketones (excluding diaryl/α,β-unsaturated/α-hetero) is 4. The summed E-state index contributed by atoms with van der Waals surface area (Å²) in [6.07, 6.45) is 6.62. The summed E-state index contributed by atoms with van der Waals surface area (Å²) in [6.45, 7) is 41.4. The van der Waals surface area contributed by atoms with E-state index in [1.54, 1.807) is 105 Å². The second-order valence-electron chi connectivity index (χ2n) is 40.5. The number of carbonyl (C=O) groups excluding carboxylic acids is 4. The Bertz CT molecular complexity index is 6390. The monoisotopic (exact) mass is 1910 g/mol. The predicted molar refractivity (Wildman–Crippen MR) is 564 cm³/mol. The number of methoxy groups -OCH3 is 4. The summed E-state index contributed by atoms with van der Waals surface area (Å²) in [5, 5.41) is 0. The number of ketones is 4. The van der Waals surface area contributed by atoms with Crippen LogP contribution in [0.5, 0.6) is 46.0 Å². The van der Waals surface area contributed by atoms with Crippen LogP contribution in [0.4, 0.5) is 17.6 Å². The molecule has 0 fully saturated rings. The molecule has 13 aromatic rings. The lowest BCUT2D eigenvalue weighted by Gasteiger charge is -2.24. The van der Waals surface area contributed by atoms with Crippen LogP contribution < -0.4 is 37.9 Å². The molecular formula is C125H140F4O12. The summed E-state index contributed by atoms with van der Waals surface area (Å²) in [5.74, 6) is 5.23. The predicted octanol–water partition coefficient (Wildman–Crippen LogP) is 31.7. The van der Waals surface area contributed by atoms with Crippen molar-refractivity contribution in [2.24, 2.45) is 11.8 Å². The van der Waals surface area contributed by atoms with Gasteiger partial charge in [0.2, 0.25) is 0 Å². The third kappa shape index (κ3) is 30.9. The third-order valence-corrected chi connectivity index (χ3v) is 25.4. The number of hydrogen-bond acceptors (Lipinski definition) is 12. The van der Waals surface area contributed by atoms with Gasteiger partial charge in [0.25, 0.3) is 0 Å². The number of rotatable bonds is 35. The topological polar surface area (TPSA) is 142 Å². The van der Waals surface area contributed by atoms with Crippen LogP contribution in [0.3, 0.4) is 0 Å². The van der Waals surface area contributed by atoms with Gasteiger partial charge in [-0.2, -0.15) is 0 Å². The van der Waals surface area contributed by atoms with Crippen molar-refractivity contribution in [2.75, 3.05) is 28.4 Å². The van der Waals surface area contributed by atoms with Gasteiger partial charge in [-0.3, -0.25) is 14.4 Å². The maximum atomic E-state index is 14.9. The molecule has 0 saturated carbocycles. The highest BCUT2D eigenvalue weighted by molar-refractivity contribution is 5.81. The van der Waals surface area contributed by atoms with Crippen LogP contribution in [-0.2, 0) is 73.7 Å². The minimum atomic E-state index is -0.288. The minimum Gasteiger partial charge on any atom is -0.497 e. The van der Waals surface area contributed by atoms with E-state index in [1.807, 2.05) is 198 Å². The van der Waals surface area contributed by atoms with Crippen LogP contribution in [0, 0.1) is 35.1 Å². The maximum Gasteiger partial charge on any atom is 0.133 e. The van der Waals surface area contributed by atoms with Gasteiger partial charge in [-0.05, 0) is 315 Å². The largest absolute Gasteiger partial charge is 0.497 e. The highest BCUT2D eigenvalue weighted by Crippen LogP contribution is 2.44. The van der Waals surface area contributed by atoms with E-state index in [9.17, 15) is 36.7 Å². The van der Waals surface area contributed by atoms with Crippen LogP contribution in [0.1, 0.15) is 248 Å². The molecule has 0 aliphatic rings. The van der Waals surface area contributed by atoms with Gasteiger partial charge in [-0.25, -0.2) is 17.6 Å². The maximum absolute atomic E-state index is 14.9. The van der Waals surface area contributed by atoms with Gasteiger partial charge in [0.05, 0.1) is 28.4 Å². The van der Waals surface area contributed by atoms with E-state index in [0.717, 1.165) is 130 Å². The molecule has 13 aromatic carbocycles. The molecule has 0 aromatic heterocycles. The Morgan fingerprint density at radius 3 is 0.858 bits per heavy atom. The molecular weight excluding hydrogens is 1770 g/mol. The molecule has 0 radical (unpaired) electrons. The molecule has 740 valence electrons. The number of benzene rings is 13. The van der Waals surface area contributed by atoms with Gasteiger partial charge in [0.15, 0.2) is 0 Å². The number of ether oxygens (including phenoxy) is 8. The van der Waals surface area contributed by atoms with E-state index in [4.69, 9.17) is 37.9 Å². The quantitative estimate of drug-likeness (QED) is 0.0276. The Hall–Kier alpha value is -13.6. The molecule has 13 rings (SSSR count). The molecule has 0 N–H and O–H groups in total. The molecule has 141 heavy (non-hydrogen) atoms. The zero-order valence-corrected chi connectivity index (χ0v) is 86.6. The Morgan fingerprint density at radius 1 is 0.312 bits per heavy atom. The average molecular weight is 1910 g/mol. The minimum absolute atomic E-state index is 0.00742. The molecule has 0 amide bonds. The van der Waals surface area contributed by atoms with Crippen molar-refractivity contribution in [3.8, 4) is 90.5 Å². The van der Waals surface area contributed by atoms with Crippen molar-refractivity contribution in [2.45, 2.75) is 230 Å². The molecule has 0 aliphatic heterocycles. The molecule has 16 heteroatoms. The first-order valence-corrected chi connectivity index (χ1v) is 48.4. The lowest BCUT2D eigenvalue weighted by Crippen LogP contribution is -2.15. The van der Waals surface area contributed by atoms with Crippen molar-refractivity contribution in [3.05, 3.63) is 381 Å². The summed E-state index contributed by atoms with van der Waals surface area (Å²) in [7, 11) is 6.33. The third-order valence-electron chi connectivity index (χ3n) is 25.4. The fraction of sp³-hybridized carbons (Fsp3) is 0.328. The van der Waals surface area contributed by atoms with Crippen LogP contribution in [0.2, 0.25) is 0 Å². The lowest BCUT2D eigenvalue weighted by molar-refractivity contribution is -0.121. The zero-order valence-electron chi connectivity index (χ0n) is 86.6. The Labute approximate surface area is 834 Å². The van der Waals surface area contributed by atoms with Gasteiger partial charge in [0.1, 0.15) is 119 Å². The summed E-state index contributed by atoms with van der Waals surface area (Å²) < 4.78 is 105. The molecule has 0 saturated heterocycles. The van der Waals surface area contributed by atoms with Gasteiger partial charge in [-0.1, -0.05) is 243 Å². The van der Waals surface area contributed by atoms with Crippen molar-refractivity contribution < 1.29 is 74.6 Å². The molecule has 0 spiro atoms. The number of hydrogen-bond donors (Lipinski definition) is 0. The van der Waals surface area contributed by atoms with E-state index in [1.165, 1.54) is 24.3 Å². The van der Waals surface area contributed by atoms with E-state index in [2.05, 4.69) is 126 Å². The molecule has 12 nitrogen and oxygen atoms in total. The summed E-state index contributed by atoms with van der Waals surface area (Å²) in [6, 6.07) is 85.3. The molecule has 0 unspecified atom stereocenters. The van der Waals surface area contributed by atoms with Crippen molar-refractivity contribution in [3.63, 3.8) is 0 Å². The van der Waals surface area contributed by atoms with Gasteiger partial charge >= 0.3 is 0 Å². The van der Waals surface area contributed by atoms with E-state index in [-0.39, 0.29) is 97.7 Å². The van der Waals surface area contributed by atoms with Crippen molar-refractivity contribution in [1.29, 1.82) is 0 Å². The first-order valence-electron chi connectivity index (χ1n) is 48.4. The average Bonchev–Trinajstić information content (AvgIpc) is 0.792. The first kappa shape index (κ1) is 109. The summed E-state index contributed by atoms with van der Waals surface area (Å²) in [4.78, 5) is 47.0. The highest BCUT2D eigenvalue weighted by Gasteiger charge is 2.29. The summed E-state index contributed by atoms with van der Waals surface area (Å²) >= 11 is 0. The van der Waals surface area contributed by atoms with Gasteiger partial charge in [0, 0.05) is 58.8 Å². The number of carbonyl (C=O) groups is 4. The highest BCUT2D eigenvalue weighted by atomic mass is 19.1. The SMILES string of the molecule is C/C=C\[C@@H](c1ccc(OCc2ccc(C(C)(C)C)c(-c3cc(OC)ccc3F)c2)cc1)[C@H](C)C(C)=O.CC[C@H](Cc1ccc(OCc2ccc(C(C)(C)C)c(-c3cc(OC)ccc3F)c2)cc1)C(C)=O.COc1ccc(F)c(-c2cc(COc3ccc([C@H](C)CC(C)=O)cc3)ccc2C(C)(C)C)c1.COc1ccc(F)c(-c2cc(COc3ccc([C@H](CC(C)=O)c4ccccc4)cc3)ccc2C(C)(C)C)c1. The van der Waals surface area contributed by atoms with E-state index in [0.29, 0.717) is 84.5 Å². The lowest BCUT2D eigenvalue weighted by atomic mass is 9.81. The first-order chi connectivity index (χ1) is 66.9. The molecule has 0 bridgehead atoms. The Morgan fingerprint density at radius 2 is 0.589 bits per heavy atom. The second kappa shape index (κ2) is 50.0. The molecule has 0 heterocycles. The fourth-order valence-corrected chi connectivity index (χ4v) is 17.3. The van der Waals surface area contributed by atoms with E-state index >= 15 is 0 Å². The molecule has 0 aliphatic carbocycles. The number of allylic oxidation sites excluding steroid dienone is 2. The molecule has 5 atom stereocenters. The van der Waals surface area contributed by atoms with Crippen LogP contribution in [-0.4, -0.2) is 51.6 Å². The van der Waals surface area contributed by atoms with Gasteiger partial charge in [-0.15, -0.1) is 0 Å².